The molecule has 4 rings (SSSR count). The van der Waals surface area contributed by atoms with Gasteiger partial charge in [-0.1, -0.05) is 42.1 Å². The average Bonchev–Trinajstić information content (AvgIpc) is 3.09. The van der Waals surface area contributed by atoms with Crippen LogP contribution in [0.2, 0.25) is 0 Å². The van der Waals surface area contributed by atoms with Crippen molar-refractivity contribution in [3.05, 3.63) is 65.7 Å². The summed E-state index contributed by atoms with van der Waals surface area (Å²) in [7, 11) is 1.57. The summed E-state index contributed by atoms with van der Waals surface area (Å²) in [5.74, 6) is 0.856. The number of aromatic nitrogens is 3. The molecular weight excluding hydrogens is 346 g/mol. The fraction of sp³-hybridized carbons (Fsp3) is 0.150. The van der Waals surface area contributed by atoms with E-state index in [2.05, 4.69) is 23.2 Å². The molecule has 0 unspecified atom stereocenters. The zero-order valence-electron chi connectivity index (χ0n) is 14.5. The highest BCUT2D eigenvalue weighted by molar-refractivity contribution is 7.99. The number of ether oxygens (including phenoxy) is 1. The number of ketones is 1. The lowest BCUT2D eigenvalue weighted by Gasteiger charge is -2.08. The van der Waals surface area contributed by atoms with Crippen LogP contribution in [0.4, 0.5) is 0 Å². The predicted octanol–water partition coefficient (Wildman–Crippen LogP) is 4.17. The molecule has 0 radical (unpaired) electrons. The molecule has 0 amide bonds. The van der Waals surface area contributed by atoms with Crippen molar-refractivity contribution in [2.24, 2.45) is 0 Å². The van der Waals surface area contributed by atoms with Crippen LogP contribution in [0.5, 0.6) is 5.75 Å². The summed E-state index contributed by atoms with van der Waals surface area (Å²) in [5, 5.41) is 10.4. The molecule has 2 aromatic carbocycles. The highest BCUT2D eigenvalue weighted by Gasteiger charge is 2.16. The summed E-state index contributed by atoms with van der Waals surface area (Å²) >= 11 is 1.38. The Labute approximate surface area is 155 Å². The molecule has 0 saturated carbocycles. The maximum Gasteiger partial charge on any atom is 0.196 e. The lowest BCUT2D eigenvalue weighted by Crippen LogP contribution is -2.05. The van der Waals surface area contributed by atoms with Gasteiger partial charge in [-0.25, -0.2) is 0 Å². The van der Waals surface area contributed by atoms with Gasteiger partial charge >= 0.3 is 0 Å². The number of Topliss-reactive ketones (excluding diaryl/α,β-unsaturated/α-hetero) is 1. The quantitative estimate of drug-likeness (QED) is 0.393. The Balaban J connectivity index is 1.68. The minimum atomic E-state index is 0.000572. The molecule has 0 aliphatic heterocycles. The highest BCUT2D eigenvalue weighted by Crippen LogP contribution is 2.27. The maximum atomic E-state index is 12.6. The molecule has 4 aromatic rings. The van der Waals surface area contributed by atoms with E-state index in [1.54, 1.807) is 19.2 Å². The number of thioether (sulfide) groups is 1. The first kappa shape index (κ1) is 16.6. The third-order valence-corrected chi connectivity index (χ3v) is 5.24. The molecule has 0 saturated heterocycles. The first-order valence-corrected chi connectivity index (χ1v) is 9.20. The topological polar surface area (TPSA) is 56.5 Å². The first-order chi connectivity index (χ1) is 12.7. The molecule has 0 N–H and O–H groups in total. The van der Waals surface area contributed by atoms with Gasteiger partial charge < -0.3 is 4.74 Å². The van der Waals surface area contributed by atoms with Crippen LogP contribution in [0.15, 0.2) is 59.8 Å². The van der Waals surface area contributed by atoms with Gasteiger partial charge in [0.1, 0.15) is 5.75 Å². The van der Waals surface area contributed by atoms with Crippen LogP contribution >= 0.6 is 11.8 Å². The number of pyridine rings is 1. The van der Waals surface area contributed by atoms with Crippen LogP contribution in [0.1, 0.15) is 15.9 Å². The summed E-state index contributed by atoms with van der Waals surface area (Å²) in [6.45, 7) is 2.06. The zero-order valence-corrected chi connectivity index (χ0v) is 15.3. The van der Waals surface area contributed by atoms with Crippen molar-refractivity contribution in [1.82, 2.24) is 14.6 Å². The minimum Gasteiger partial charge on any atom is -0.496 e. The molecule has 5 nitrogen and oxygen atoms in total. The summed E-state index contributed by atoms with van der Waals surface area (Å²) in [5.41, 5.74) is 3.56. The molecule has 0 atom stereocenters. The van der Waals surface area contributed by atoms with Crippen LogP contribution in [-0.2, 0) is 0 Å². The molecule has 2 aromatic heterocycles. The van der Waals surface area contributed by atoms with Crippen molar-refractivity contribution in [3.8, 4) is 5.75 Å². The normalized spacial score (nSPS) is 11.2. The second kappa shape index (κ2) is 6.80. The molecular formula is C20H17N3O2S. The van der Waals surface area contributed by atoms with Gasteiger partial charge in [-0.2, -0.15) is 0 Å². The molecule has 0 aliphatic carbocycles. The van der Waals surface area contributed by atoms with Crippen LogP contribution < -0.4 is 4.74 Å². The number of hydrogen-bond acceptors (Lipinski definition) is 5. The Kier molecular flexibility index (Phi) is 4.34. The number of hydrogen-bond donors (Lipinski definition) is 0. The van der Waals surface area contributed by atoms with Gasteiger partial charge in [0.15, 0.2) is 16.6 Å². The van der Waals surface area contributed by atoms with Crippen molar-refractivity contribution in [1.29, 1.82) is 0 Å². The number of fused-ring (bicyclic) bond motifs is 3. The Hall–Kier alpha value is -2.86. The molecule has 0 aliphatic rings. The van der Waals surface area contributed by atoms with Crippen LogP contribution in [-0.4, -0.2) is 33.2 Å². The number of nitrogens with zero attached hydrogens (tertiary/aromatic N) is 3. The van der Waals surface area contributed by atoms with Gasteiger partial charge in [0.05, 0.1) is 23.9 Å². The molecule has 0 fully saturated rings. The summed E-state index contributed by atoms with van der Waals surface area (Å²) < 4.78 is 7.28. The summed E-state index contributed by atoms with van der Waals surface area (Å²) in [4.78, 5) is 12.6. The third kappa shape index (κ3) is 2.82. The van der Waals surface area contributed by atoms with Crippen molar-refractivity contribution in [3.63, 3.8) is 0 Å². The first-order valence-electron chi connectivity index (χ1n) is 8.21. The number of carbonyl (C=O) groups excluding carboxylic acids is 1. The van der Waals surface area contributed by atoms with E-state index < -0.39 is 0 Å². The second-order valence-corrected chi connectivity index (χ2v) is 6.88. The average molecular weight is 363 g/mol. The number of benzene rings is 2. The summed E-state index contributed by atoms with van der Waals surface area (Å²) in [6, 6.07) is 17.4. The molecule has 26 heavy (non-hydrogen) atoms. The van der Waals surface area contributed by atoms with Crippen LogP contribution in [0, 0.1) is 6.92 Å². The molecule has 6 heteroatoms. The van der Waals surface area contributed by atoms with E-state index in [1.807, 2.05) is 40.8 Å². The number of aryl methyl sites for hydroxylation is 1. The second-order valence-electron chi connectivity index (χ2n) is 5.93. The monoisotopic (exact) mass is 363 g/mol. The Morgan fingerprint density at radius 3 is 2.73 bits per heavy atom. The van der Waals surface area contributed by atoms with E-state index in [9.17, 15) is 4.79 Å². The fourth-order valence-electron chi connectivity index (χ4n) is 3.05. The number of carbonyl (C=O) groups is 1. The lowest BCUT2D eigenvalue weighted by atomic mass is 10.1. The molecule has 0 spiro atoms. The molecule has 130 valence electrons. The van der Waals surface area contributed by atoms with Crippen LogP contribution in [0.3, 0.4) is 0 Å². The SMILES string of the molecule is COc1ccccc1C(=O)CSc1nnc2cc(C)c3ccccc3n12. The van der Waals surface area contributed by atoms with Gasteiger partial charge in [-0.05, 0) is 36.8 Å². The number of methoxy groups -OCH3 is 1. The smallest absolute Gasteiger partial charge is 0.196 e. The Morgan fingerprint density at radius 1 is 1.12 bits per heavy atom. The van der Waals surface area contributed by atoms with E-state index >= 15 is 0 Å². The molecule has 2 heterocycles. The van der Waals surface area contributed by atoms with Gasteiger partial charge in [-0.3, -0.25) is 9.20 Å². The van der Waals surface area contributed by atoms with Crippen LogP contribution in [0.25, 0.3) is 16.6 Å². The Bertz CT molecular complexity index is 1120. The van der Waals surface area contributed by atoms with Crippen molar-refractivity contribution < 1.29 is 9.53 Å². The van der Waals surface area contributed by atoms with Crippen molar-refractivity contribution >= 4 is 34.1 Å². The van der Waals surface area contributed by atoms with E-state index in [4.69, 9.17) is 4.74 Å². The van der Waals surface area contributed by atoms with E-state index in [-0.39, 0.29) is 11.5 Å². The van der Waals surface area contributed by atoms with Gasteiger partial charge in [-0.15, -0.1) is 10.2 Å². The summed E-state index contributed by atoms with van der Waals surface area (Å²) in [6.07, 6.45) is 0. The fourth-order valence-corrected chi connectivity index (χ4v) is 3.89. The van der Waals surface area contributed by atoms with Gasteiger partial charge in [0.2, 0.25) is 0 Å². The standard InChI is InChI=1S/C20H17N3O2S/c1-13-11-19-21-22-20(23(19)16-9-5-3-7-14(13)16)26-12-17(24)15-8-4-6-10-18(15)25-2/h3-11H,12H2,1-2H3. The van der Waals surface area contributed by atoms with Crippen molar-refractivity contribution in [2.75, 3.05) is 12.9 Å². The van der Waals surface area contributed by atoms with E-state index in [0.717, 1.165) is 22.1 Å². The predicted molar refractivity (Wildman–Crippen MR) is 103 cm³/mol. The Morgan fingerprint density at radius 2 is 1.88 bits per heavy atom. The van der Waals surface area contributed by atoms with Gasteiger partial charge in [0, 0.05) is 5.39 Å². The van der Waals surface area contributed by atoms with E-state index in [0.29, 0.717) is 16.5 Å². The maximum absolute atomic E-state index is 12.6. The lowest BCUT2D eigenvalue weighted by molar-refractivity contribution is 0.101. The zero-order chi connectivity index (χ0) is 18.1. The third-order valence-electron chi connectivity index (χ3n) is 4.31. The molecule has 0 bridgehead atoms. The number of para-hydroxylation sites is 2. The minimum absolute atomic E-state index is 0.000572. The highest BCUT2D eigenvalue weighted by atomic mass is 32.2. The van der Waals surface area contributed by atoms with Crippen molar-refractivity contribution in [2.45, 2.75) is 12.1 Å². The largest absolute Gasteiger partial charge is 0.496 e. The van der Waals surface area contributed by atoms with Gasteiger partial charge in [0.25, 0.3) is 0 Å². The van der Waals surface area contributed by atoms with E-state index in [1.165, 1.54) is 11.8 Å². The number of rotatable bonds is 5.